The molecular weight excluding hydrogens is 252 g/mol. The van der Waals surface area contributed by atoms with Crippen molar-refractivity contribution in [1.82, 2.24) is 9.97 Å². The monoisotopic (exact) mass is 278 g/mol. The van der Waals surface area contributed by atoms with Crippen molar-refractivity contribution in [2.45, 2.75) is 57.7 Å². The zero-order chi connectivity index (χ0) is 14.4. The molecule has 0 aliphatic heterocycles. The van der Waals surface area contributed by atoms with Gasteiger partial charge in [-0.2, -0.15) is 4.98 Å². The van der Waals surface area contributed by atoms with Crippen molar-refractivity contribution in [2.24, 2.45) is 11.5 Å². The topological polar surface area (TPSA) is 102 Å². The maximum atomic E-state index is 5.77. The van der Waals surface area contributed by atoms with E-state index in [1.807, 2.05) is 6.92 Å². The molecule has 1 saturated carbocycles. The van der Waals surface area contributed by atoms with Crippen LogP contribution in [0.4, 0.5) is 11.8 Å². The summed E-state index contributed by atoms with van der Waals surface area (Å²) in [5.41, 5.74) is 12.5. The van der Waals surface area contributed by atoms with Crippen molar-refractivity contribution in [3.63, 3.8) is 0 Å². The van der Waals surface area contributed by atoms with Crippen molar-refractivity contribution in [1.29, 1.82) is 0 Å². The predicted octanol–water partition coefficient (Wildman–Crippen LogP) is 1.44. The molecule has 0 amide bonds. The Morgan fingerprint density at radius 3 is 2.75 bits per heavy atom. The third-order valence-electron chi connectivity index (χ3n) is 3.61. The highest BCUT2D eigenvalue weighted by molar-refractivity contribution is 5.47. The molecule has 1 aliphatic rings. The van der Waals surface area contributed by atoms with E-state index in [0.29, 0.717) is 25.1 Å². The number of nitrogens with two attached hydrogens (primary N) is 2. The van der Waals surface area contributed by atoms with Crippen LogP contribution in [0.5, 0.6) is 0 Å². The lowest BCUT2D eigenvalue weighted by Crippen LogP contribution is -2.27. The van der Waals surface area contributed by atoms with Crippen LogP contribution in [0.25, 0.3) is 0 Å². The third kappa shape index (κ3) is 4.31. The number of rotatable bonds is 6. The number of aromatic nitrogens is 2. The van der Waals surface area contributed by atoms with Crippen LogP contribution in [-0.4, -0.2) is 28.6 Å². The Morgan fingerprint density at radius 1 is 1.35 bits per heavy atom. The molecule has 1 aromatic heterocycles. The van der Waals surface area contributed by atoms with Crippen molar-refractivity contribution in [3.05, 3.63) is 11.8 Å². The molecule has 1 heterocycles. The maximum absolute atomic E-state index is 5.77. The van der Waals surface area contributed by atoms with Gasteiger partial charge in [-0.1, -0.05) is 19.3 Å². The van der Waals surface area contributed by atoms with E-state index in [1.54, 1.807) is 6.20 Å². The van der Waals surface area contributed by atoms with Gasteiger partial charge in [0.2, 0.25) is 5.95 Å². The van der Waals surface area contributed by atoms with Crippen LogP contribution >= 0.6 is 0 Å². The fraction of sp³-hybridized carbons (Fsp3) is 0.714. The maximum Gasteiger partial charge on any atom is 0.224 e. The summed E-state index contributed by atoms with van der Waals surface area (Å²) in [7, 11) is 0. The highest BCUT2D eigenvalue weighted by Gasteiger charge is 2.15. The van der Waals surface area contributed by atoms with Crippen LogP contribution in [-0.2, 0) is 6.54 Å². The molecule has 0 aromatic carbocycles. The van der Waals surface area contributed by atoms with Crippen molar-refractivity contribution < 1.29 is 0 Å². The van der Waals surface area contributed by atoms with Gasteiger partial charge in [0.15, 0.2) is 0 Å². The van der Waals surface area contributed by atoms with Gasteiger partial charge in [-0.25, -0.2) is 4.98 Å². The van der Waals surface area contributed by atoms with E-state index in [0.717, 1.165) is 11.4 Å². The van der Waals surface area contributed by atoms with Crippen LogP contribution in [0, 0.1) is 0 Å². The molecule has 6 N–H and O–H groups in total. The average molecular weight is 278 g/mol. The molecule has 2 rings (SSSR count). The minimum absolute atomic E-state index is 0.0718. The molecule has 1 aliphatic carbocycles. The second-order valence-corrected chi connectivity index (χ2v) is 5.61. The number of nitrogens with zero attached hydrogens (tertiary/aromatic N) is 2. The number of nitrogens with one attached hydrogen (secondary N) is 2. The molecule has 0 spiro atoms. The minimum atomic E-state index is 0.0718. The van der Waals surface area contributed by atoms with Gasteiger partial charge in [-0.05, 0) is 19.8 Å². The van der Waals surface area contributed by atoms with Crippen LogP contribution in [0.2, 0.25) is 0 Å². The molecule has 20 heavy (non-hydrogen) atoms. The summed E-state index contributed by atoms with van der Waals surface area (Å²) >= 11 is 0. The molecule has 0 radical (unpaired) electrons. The molecule has 1 atom stereocenters. The van der Waals surface area contributed by atoms with Gasteiger partial charge >= 0.3 is 0 Å². The van der Waals surface area contributed by atoms with Crippen molar-refractivity contribution in [2.75, 3.05) is 17.2 Å². The Bertz CT molecular complexity index is 414. The Balaban J connectivity index is 2.05. The van der Waals surface area contributed by atoms with Crippen molar-refractivity contribution in [3.8, 4) is 0 Å². The summed E-state index contributed by atoms with van der Waals surface area (Å²) in [6.45, 7) is 3.05. The van der Waals surface area contributed by atoms with Gasteiger partial charge in [0.05, 0.1) is 0 Å². The Labute approximate surface area is 120 Å². The largest absolute Gasteiger partial charge is 0.367 e. The van der Waals surface area contributed by atoms with Gasteiger partial charge < -0.3 is 22.1 Å². The van der Waals surface area contributed by atoms with E-state index in [4.69, 9.17) is 11.5 Å². The molecule has 6 nitrogen and oxygen atoms in total. The summed E-state index contributed by atoms with van der Waals surface area (Å²) < 4.78 is 0. The first-order valence-corrected chi connectivity index (χ1v) is 7.51. The number of anilines is 2. The van der Waals surface area contributed by atoms with Crippen LogP contribution < -0.4 is 22.1 Å². The first-order valence-electron chi connectivity index (χ1n) is 7.51. The minimum Gasteiger partial charge on any atom is -0.367 e. The fourth-order valence-corrected chi connectivity index (χ4v) is 2.46. The Morgan fingerprint density at radius 2 is 2.10 bits per heavy atom. The highest BCUT2D eigenvalue weighted by Crippen LogP contribution is 2.22. The zero-order valence-corrected chi connectivity index (χ0v) is 12.2. The predicted molar refractivity (Wildman–Crippen MR) is 82.6 cm³/mol. The molecule has 0 saturated heterocycles. The van der Waals surface area contributed by atoms with Gasteiger partial charge in [0.25, 0.3) is 0 Å². The van der Waals surface area contributed by atoms with Crippen LogP contribution in [0.15, 0.2) is 6.20 Å². The Hall–Kier alpha value is -1.40. The van der Waals surface area contributed by atoms with Crippen LogP contribution in [0.3, 0.4) is 0 Å². The average Bonchev–Trinajstić information content (AvgIpc) is 2.46. The first kappa shape index (κ1) is 15.0. The van der Waals surface area contributed by atoms with E-state index < -0.39 is 0 Å². The number of hydrogen-bond acceptors (Lipinski definition) is 6. The van der Waals surface area contributed by atoms with E-state index in [1.165, 1.54) is 32.1 Å². The fourth-order valence-electron chi connectivity index (χ4n) is 2.46. The van der Waals surface area contributed by atoms with E-state index in [9.17, 15) is 0 Å². The molecule has 6 heteroatoms. The molecular formula is C14H26N6. The smallest absolute Gasteiger partial charge is 0.224 e. The van der Waals surface area contributed by atoms with E-state index >= 15 is 0 Å². The summed E-state index contributed by atoms with van der Waals surface area (Å²) in [4.78, 5) is 8.82. The summed E-state index contributed by atoms with van der Waals surface area (Å²) in [6, 6.07) is 0.577. The SMILES string of the molecule is CC(N)CNc1ncc(CN)c(NC2CCCCC2)n1. The molecule has 1 aromatic rings. The molecule has 112 valence electrons. The second-order valence-electron chi connectivity index (χ2n) is 5.61. The van der Waals surface area contributed by atoms with E-state index in [2.05, 4.69) is 20.6 Å². The molecule has 1 fully saturated rings. The van der Waals surface area contributed by atoms with E-state index in [-0.39, 0.29) is 6.04 Å². The molecule has 0 bridgehead atoms. The quantitative estimate of drug-likeness (QED) is 0.628. The Kier molecular flexibility index (Phi) is 5.55. The highest BCUT2D eigenvalue weighted by atomic mass is 15.2. The number of hydrogen-bond donors (Lipinski definition) is 4. The zero-order valence-electron chi connectivity index (χ0n) is 12.2. The van der Waals surface area contributed by atoms with Gasteiger partial charge in [0.1, 0.15) is 5.82 Å². The third-order valence-corrected chi connectivity index (χ3v) is 3.61. The summed E-state index contributed by atoms with van der Waals surface area (Å²) in [5, 5.41) is 6.67. The van der Waals surface area contributed by atoms with Gasteiger partial charge in [-0.3, -0.25) is 0 Å². The summed E-state index contributed by atoms with van der Waals surface area (Å²) in [6.07, 6.45) is 8.12. The normalized spacial score (nSPS) is 17.8. The van der Waals surface area contributed by atoms with Crippen molar-refractivity contribution >= 4 is 11.8 Å². The van der Waals surface area contributed by atoms with Crippen LogP contribution in [0.1, 0.15) is 44.6 Å². The summed E-state index contributed by atoms with van der Waals surface area (Å²) in [5.74, 6) is 1.47. The van der Waals surface area contributed by atoms with Gasteiger partial charge in [0, 0.05) is 36.9 Å². The van der Waals surface area contributed by atoms with Gasteiger partial charge in [-0.15, -0.1) is 0 Å². The first-order chi connectivity index (χ1) is 9.69. The lowest BCUT2D eigenvalue weighted by molar-refractivity contribution is 0.461. The second kappa shape index (κ2) is 7.40. The lowest BCUT2D eigenvalue weighted by Gasteiger charge is -2.24. The molecule has 1 unspecified atom stereocenters. The standard InChI is InChI=1S/C14H26N6/c1-10(16)8-17-14-18-9-11(7-15)13(20-14)19-12-5-3-2-4-6-12/h9-10,12H,2-8,15-16H2,1H3,(H2,17,18,19,20). The lowest BCUT2D eigenvalue weighted by atomic mass is 9.95.